The van der Waals surface area contributed by atoms with Crippen LogP contribution in [-0.4, -0.2) is 39.2 Å². The molecule has 0 radical (unpaired) electrons. The maximum Gasteiger partial charge on any atom is 0.255 e. The molecule has 1 aromatic carbocycles. The number of anilines is 2. The minimum Gasteiger partial charge on any atom is -0.381 e. The summed E-state index contributed by atoms with van der Waals surface area (Å²) in [5, 5.41) is 15.9. The van der Waals surface area contributed by atoms with Crippen LogP contribution >= 0.6 is 23.4 Å². The monoisotopic (exact) mass is 458 g/mol. The first-order valence-electron chi connectivity index (χ1n) is 9.21. The summed E-state index contributed by atoms with van der Waals surface area (Å²) in [5.74, 6) is -0.843. The molecule has 0 aliphatic rings. The number of carbonyl (C=O) groups excluding carboxylic acids is 1. The van der Waals surface area contributed by atoms with E-state index in [1.807, 2.05) is 0 Å². The van der Waals surface area contributed by atoms with Crippen molar-refractivity contribution in [3.63, 3.8) is 0 Å². The number of amides is 1. The van der Waals surface area contributed by atoms with E-state index in [1.54, 1.807) is 36.9 Å². The molecule has 160 valence electrons. The number of hydrogen-bond donors (Lipinski definition) is 3. The van der Waals surface area contributed by atoms with Crippen LogP contribution in [-0.2, 0) is 0 Å². The van der Waals surface area contributed by atoms with Gasteiger partial charge >= 0.3 is 0 Å². The van der Waals surface area contributed by atoms with Crippen LogP contribution in [0.15, 0.2) is 55.5 Å². The predicted molar refractivity (Wildman–Crippen MR) is 124 cm³/mol. The Bertz CT molecular complexity index is 1110. The van der Waals surface area contributed by atoms with Gasteiger partial charge in [0.2, 0.25) is 0 Å². The lowest BCUT2D eigenvalue weighted by Gasteiger charge is -2.15. The summed E-state index contributed by atoms with van der Waals surface area (Å²) in [6.45, 7) is 3.88. The van der Waals surface area contributed by atoms with Gasteiger partial charge in [-0.2, -0.15) is 0 Å². The standard InChI is InChI=1S/C22H20ClFN4O2S/c1-3-13-10-26-20(15-8-14(23)4-5-17(15)24)9-19(13)28-18-6-7-25-11-16(18)22(30)27-12-21(29)31-2/h3-11,21,29H,1,12H2,2H3,(H,27,30)(H,25,26,28)/t21-/m0/s1. The van der Waals surface area contributed by atoms with Crippen molar-refractivity contribution < 1.29 is 14.3 Å². The van der Waals surface area contributed by atoms with Gasteiger partial charge in [0.1, 0.15) is 11.3 Å². The Morgan fingerprint density at radius 1 is 1.32 bits per heavy atom. The number of carbonyl (C=O) groups is 1. The first-order chi connectivity index (χ1) is 14.9. The van der Waals surface area contributed by atoms with Gasteiger partial charge in [-0.15, -0.1) is 11.8 Å². The summed E-state index contributed by atoms with van der Waals surface area (Å²) in [7, 11) is 0. The summed E-state index contributed by atoms with van der Waals surface area (Å²) < 4.78 is 14.3. The van der Waals surface area contributed by atoms with Crippen molar-refractivity contribution in [2.24, 2.45) is 0 Å². The minimum atomic E-state index is -0.709. The number of pyridine rings is 2. The third-order valence-corrected chi connectivity index (χ3v) is 5.35. The van der Waals surface area contributed by atoms with Crippen molar-refractivity contribution in [3.8, 4) is 11.3 Å². The van der Waals surface area contributed by atoms with Crippen LogP contribution in [0.5, 0.6) is 0 Å². The summed E-state index contributed by atoms with van der Waals surface area (Å²) in [6.07, 6.45) is 7.87. The molecule has 2 aromatic heterocycles. The smallest absolute Gasteiger partial charge is 0.255 e. The highest BCUT2D eigenvalue weighted by molar-refractivity contribution is 7.99. The molecule has 0 spiro atoms. The molecular weight excluding hydrogens is 439 g/mol. The van der Waals surface area contributed by atoms with Crippen LogP contribution in [0.2, 0.25) is 5.02 Å². The number of rotatable bonds is 8. The highest BCUT2D eigenvalue weighted by Crippen LogP contribution is 2.30. The summed E-state index contributed by atoms with van der Waals surface area (Å²) in [5.41, 5.74) is 1.92. The molecule has 0 saturated carbocycles. The van der Waals surface area contributed by atoms with E-state index in [-0.39, 0.29) is 23.6 Å². The fourth-order valence-corrected chi connectivity index (χ4v) is 3.19. The molecule has 31 heavy (non-hydrogen) atoms. The summed E-state index contributed by atoms with van der Waals surface area (Å²) in [4.78, 5) is 20.9. The van der Waals surface area contributed by atoms with Crippen molar-refractivity contribution in [2.45, 2.75) is 5.44 Å². The highest BCUT2D eigenvalue weighted by atomic mass is 35.5. The molecule has 0 bridgehead atoms. The Morgan fingerprint density at radius 2 is 2.13 bits per heavy atom. The number of nitrogens with one attached hydrogen (secondary N) is 2. The quantitative estimate of drug-likeness (QED) is 0.423. The molecule has 0 unspecified atom stereocenters. The highest BCUT2D eigenvalue weighted by Gasteiger charge is 2.15. The SMILES string of the molecule is C=Cc1cnc(-c2cc(Cl)ccc2F)cc1Nc1ccncc1C(=O)NC[C@@H](O)SC. The lowest BCUT2D eigenvalue weighted by atomic mass is 10.1. The normalized spacial score (nSPS) is 11.6. The van der Waals surface area contributed by atoms with Crippen LogP contribution < -0.4 is 10.6 Å². The van der Waals surface area contributed by atoms with E-state index in [1.165, 1.54) is 36.2 Å². The minimum absolute atomic E-state index is 0.0969. The molecular formula is C22H20ClFN4O2S. The van der Waals surface area contributed by atoms with Crippen LogP contribution in [0.25, 0.3) is 17.3 Å². The topological polar surface area (TPSA) is 87.1 Å². The molecule has 2 heterocycles. The number of benzene rings is 1. The number of aliphatic hydroxyl groups is 1. The first-order valence-corrected chi connectivity index (χ1v) is 10.9. The van der Waals surface area contributed by atoms with Gasteiger partial charge in [0.15, 0.2) is 0 Å². The molecule has 3 aromatic rings. The molecule has 3 rings (SSSR count). The predicted octanol–water partition coefficient (Wildman–Crippen LogP) is 4.73. The van der Waals surface area contributed by atoms with Crippen molar-refractivity contribution in [3.05, 3.63) is 77.5 Å². The number of nitrogens with zero attached hydrogens (tertiary/aromatic N) is 2. The van der Waals surface area contributed by atoms with Crippen molar-refractivity contribution in [1.82, 2.24) is 15.3 Å². The first kappa shape index (κ1) is 22.7. The van der Waals surface area contributed by atoms with Crippen LogP contribution in [0.4, 0.5) is 15.8 Å². The third kappa shape index (κ3) is 5.61. The number of hydrogen-bond acceptors (Lipinski definition) is 6. The fourth-order valence-electron chi connectivity index (χ4n) is 2.77. The Balaban J connectivity index is 1.95. The molecule has 3 N–H and O–H groups in total. The van der Waals surface area contributed by atoms with Crippen molar-refractivity contribution in [2.75, 3.05) is 18.1 Å². The second kappa shape index (κ2) is 10.4. The van der Waals surface area contributed by atoms with Crippen LogP contribution in [0.3, 0.4) is 0 Å². The average Bonchev–Trinajstić information content (AvgIpc) is 2.79. The number of halogens is 2. The summed E-state index contributed by atoms with van der Waals surface area (Å²) in [6, 6.07) is 7.55. The number of aliphatic hydroxyl groups excluding tert-OH is 1. The maximum atomic E-state index is 14.3. The van der Waals surface area contributed by atoms with E-state index < -0.39 is 11.3 Å². The Morgan fingerprint density at radius 3 is 2.87 bits per heavy atom. The average molecular weight is 459 g/mol. The molecule has 0 aliphatic heterocycles. The van der Waals surface area contributed by atoms with Gasteiger partial charge in [0.25, 0.3) is 5.91 Å². The van der Waals surface area contributed by atoms with Gasteiger partial charge < -0.3 is 15.7 Å². The molecule has 9 heteroatoms. The number of aromatic nitrogens is 2. The zero-order valence-corrected chi connectivity index (χ0v) is 18.2. The van der Waals surface area contributed by atoms with E-state index in [9.17, 15) is 14.3 Å². The lowest BCUT2D eigenvalue weighted by molar-refractivity contribution is 0.0940. The molecule has 1 atom stereocenters. The lowest BCUT2D eigenvalue weighted by Crippen LogP contribution is -2.31. The molecule has 1 amide bonds. The maximum absolute atomic E-state index is 14.3. The van der Waals surface area contributed by atoms with Crippen molar-refractivity contribution >= 4 is 46.7 Å². The zero-order chi connectivity index (χ0) is 22.4. The van der Waals surface area contributed by atoms with Crippen LogP contribution in [0, 0.1) is 5.82 Å². The van der Waals surface area contributed by atoms with Gasteiger partial charge in [0.05, 0.1) is 23.5 Å². The molecule has 0 saturated heterocycles. The van der Waals surface area contributed by atoms with Crippen LogP contribution in [0.1, 0.15) is 15.9 Å². The molecule has 6 nitrogen and oxygen atoms in total. The van der Waals surface area contributed by atoms with E-state index in [0.717, 1.165) is 0 Å². The van der Waals surface area contributed by atoms with Crippen molar-refractivity contribution in [1.29, 1.82) is 0 Å². The third-order valence-electron chi connectivity index (χ3n) is 4.40. The van der Waals surface area contributed by atoms with E-state index >= 15 is 0 Å². The van der Waals surface area contributed by atoms with Gasteiger partial charge in [-0.05, 0) is 36.6 Å². The van der Waals surface area contributed by atoms with Gasteiger partial charge in [-0.3, -0.25) is 14.8 Å². The second-order valence-corrected chi connectivity index (χ2v) is 7.88. The number of thioether (sulfide) groups is 1. The Kier molecular flexibility index (Phi) is 7.62. The fraction of sp³-hybridized carbons (Fsp3) is 0.136. The van der Waals surface area contributed by atoms with Gasteiger partial charge in [-0.25, -0.2) is 4.39 Å². The van der Waals surface area contributed by atoms with E-state index in [2.05, 4.69) is 27.2 Å². The zero-order valence-electron chi connectivity index (χ0n) is 16.6. The Hall–Kier alpha value is -2.94. The Labute approximate surface area is 188 Å². The molecule has 0 aliphatic carbocycles. The second-order valence-electron chi connectivity index (χ2n) is 6.43. The molecule has 0 fully saturated rings. The summed E-state index contributed by atoms with van der Waals surface area (Å²) >= 11 is 7.24. The van der Waals surface area contributed by atoms with Gasteiger partial charge in [-0.1, -0.05) is 24.3 Å². The van der Waals surface area contributed by atoms with E-state index in [0.29, 0.717) is 27.7 Å². The van der Waals surface area contributed by atoms with Gasteiger partial charge in [0, 0.05) is 40.4 Å². The largest absolute Gasteiger partial charge is 0.381 e. The van der Waals surface area contributed by atoms with E-state index in [4.69, 9.17) is 11.6 Å².